The number of rotatable bonds is 14. The molecule has 25 heavy (non-hydrogen) atoms. The summed E-state index contributed by atoms with van der Waals surface area (Å²) in [6, 6.07) is 0. The van der Waals surface area contributed by atoms with Crippen LogP contribution in [-0.4, -0.2) is 24.8 Å². The minimum Gasteiger partial charge on any atom is -0.463 e. The molecule has 1 unspecified atom stereocenters. The van der Waals surface area contributed by atoms with E-state index >= 15 is 0 Å². The van der Waals surface area contributed by atoms with Gasteiger partial charge >= 0.3 is 5.97 Å². The van der Waals surface area contributed by atoms with Crippen molar-refractivity contribution < 1.29 is 14.3 Å². The second kappa shape index (κ2) is 14.1. The fourth-order valence-electron chi connectivity index (χ4n) is 3.25. The highest BCUT2D eigenvalue weighted by Crippen LogP contribution is 2.29. The Bertz CT molecular complexity index is 405. The van der Waals surface area contributed by atoms with Gasteiger partial charge in [-0.1, -0.05) is 52.2 Å². The lowest BCUT2D eigenvalue weighted by atomic mass is 9.87. The first-order chi connectivity index (χ1) is 12.0. The van der Waals surface area contributed by atoms with Gasteiger partial charge in [0.15, 0.2) is 0 Å². The zero-order valence-corrected chi connectivity index (χ0v) is 17.4. The van der Waals surface area contributed by atoms with E-state index in [2.05, 4.69) is 33.8 Å². The van der Waals surface area contributed by atoms with Crippen LogP contribution in [-0.2, 0) is 14.3 Å². The first-order valence-corrected chi connectivity index (χ1v) is 10.1. The van der Waals surface area contributed by atoms with Crippen LogP contribution in [0.3, 0.4) is 0 Å². The maximum atomic E-state index is 11.4. The minimum atomic E-state index is -0.261. The van der Waals surface area contributed by atoms with Crippen molar-refractivity contribution in [2.45, 2.75) is 92.1 Å². The van der Waals surface area contributed by atoms with E-state index in [1.165, 1.54) is 19.3 Å². The third-order valence-corrected chi connectivity index (χ3v) is 5.04. The largest absolute Gasteiger partial charge is 0.463 e. The van der Waals surface area contributed by atoms with Crippen molar-refractivity contribution in [1.29, 1.82) is 0 Å². The van der Waals surface area contributed by atoms with Gasteiger partial charge in [0.2, 0.25) is 0 Å². The van der Waals surface area contributed by atoms with E-state index in [9.17, 15) is 4.79 Å². The maximum Gasteiger partial charge on any atom is 0.330 e. The lowest BCUT2D eigenvalue weighted by Gasteiger charge is -2.32. The number of allylic oxidation sites excluding steroid dienone is 3. The van der Waals surface area contributed by atoms with Gasteiger partial charge in [0.25, 0.3) is 0 Å². The molecule has 0 bridgehead atoms. The molecule has 0 aromatic heterocycles. The van der Waals surface area contributed by atoms with Gasteiger partial charge in [0.1, 0.15) is 0 Å². The summed E-state index contributed by atoms with van der Waals surface area (Å²) >= 11 is 0. The van der Waals surface area contributed by atoms with Crippen molar-refractivity contribution in [1.82, 2.24) is 0 Å². The van der Waals surface area contributed by atoms with Gasteiger partial charge in [0, 0.05) is 12.7 Å². The van der Waals surface area contributed by atoms with Crippen LogP contribution in [0.25, 0.3) is 0 Å². The normalized spacial score (nSPS) is 14.1. The van der Waals surface area contributed by atoms with Gasteiger partial charge < -0.3 is 9.47 Å². The van der Waals surface area contributed by atoms with E-state index in [0.29, 0.717) is 12.5 Å². The molecule has 3 nitrogen and oxygen atoms in total. The second-order valence-corrected chi connectivity index (χ2v) is 6.77. The Balaban J connectivity index is 4.38. The summed E-state index contributed by atoms with van der Waals surface area (Å²) in [4.78, 5) is 11.4. The van der Waals surface area contributed by atoms with E-state index in [4.69, 9.17) is 9.47 Å². The molecule has 0 aromatic carbocycles. The third-order valence-electron chi connectivity index (χ3n) is 5.04. The summed E-state index contributed by atoms with van der Waals surface area (Å²) in [6.45, 7) is 13.8. The highest BCUT2D eigenvalue weighted by Gasteiger charge is 2.25. The standard InChI is InChI=1S/C22H40O3/c1-7-20(15-12-14-19(6)18-21(23)24-10-4)16-13-17-22(8-2,9-3)25-11-5/h12,14,18,20H,7-11,13,15-17H2,1-6H3. The monoisotopic (exact) mass is 352 g/mol. The van der Waals surface area contributed by atoms with Gasteiger partial charge in [0.05, 0.1) is 12.2 Å². The maximum absolute atomic E-state index is 11.4. The molecule has 0 heterocycles. The van der Waals surface area contributed by atoms with E-state index in [1.807, 2.05) is 19.9 Å². The molecule has 0 radical (unpaired) electrons. The average Bonchev–Trinajstić information content (AvgIpc) is 2.59. The summed E-state index contributed by atoms with van der Waals surface area (Å²) in [7, 11) is 0. The van der Waals surface area contributed by atoms with E-state index in [-0.39, 0.29) is 11.6 Å². The molecule has 0 amide bonds. The van der Waals surface area contributed by atoms with E-state index < -0.39 is 0 Å². The number of carbonyl (C=O) groups is 1. The highest BCUT2D eigenvalue weighted by molar-refractivity contribution is 5.83. The lowest BCUT2D eigenvalue weighted by Crippen LogP contribution is -2.31. The van der Waals surface area contributed by atoms with Crippen LogP contribution in [0.1, 0.15) is 86.5 Å². The third kappa shape index (κ3) is 10.5. The topological polar surface area (TPSA) is 35.5 Å². The summed E-state index contributed by atoms with van der Waals surface area (Å²) in [5.41, 5.74) is 1.02. The quantitative estimate of drug-likeness (QED) is 0.211. The Kier molecular flexibility index (Phi) is 13.5. The Hall–Kier alpha value is -1.09. The Morgan fingerprint density at radius 3 is 2.28 bits per heavy atom. The van der Waals surface area contributed by atoms with Crippen LogP contribution in [0, 0.1) is 5.92 Å². The van der Waals surface area contributed by atoms with Crippen LogP contribution >= 0.6 is 0 Å². The Morgan fingerprint density at radius 2 is 1.76 bits per heavy atom. The van der Waals surface area contributed by atoms with Crippen LogP contribution in [0.2, 0.25) is 0 Å². The molecular weight excluding hydrogens is 312 g/mol. The van der Waals surface area contributed by atoms with E-state index in [0.717, 1.165) is 37.9 Å². The molecule has 3 heteroatoms. The highest BCUT2D eigenvalue weighted by atomic mass is 16.5. The second-order valence-electron chi connectivity index (χ2n) is 6.77. The first-order valence-electron chi connectivity index (χ1n) is 10.1. The molecule has 0 spiro atoms. The lowest BCUT2D eigenvalue weighted by molar-refractivity contribution is -0.137. The van der Waals surface area contributed by atoms with Crippen molar-refractivity contribution >= 4 is 5.97 Å². The van der Waals surface area contributed by atoms with Gasteiger partial charge in [-0.15, -0.1) is 0 Å². The van der Waals surface area contributed by atoms with Crippen molar-refractivity contribution in [3.8, 4) is 0 Å². The van der Waals surface area contributed by atoms with Crippen molar-refractivity contribution in [3.05, 3.63) is 23.8 Å². The van der Waals surface area contributed by atoms with Gasteiger partial charge in [-0.2, -0.15) is 0 Å². The molecule has 1 atom stereocenters. The predicted molar refractivity (Wildman–Crippen MR) is 107 cm³/mol. The molecule has 0 aromatic rings. The molecule has 0 saturated carbocycles. The fourth-order valence-corrected chi connectivity index (χ4v) is 3.25. The molecule has 146 valence electrons. The molecular formula is C22H40O3. The van der Waals surface area contributed by atoms with Crippen LogP contribution in [0.4, 0.5) is 0 Å². The number of hydrogen-bond acceptors (Lipinski definition) is 3. The van der Waals surface area contributed by atoms with Crippen LogP contribution < -0.4 is 0 Å². The van der Waals surface area contributed by atoms with Crippen LogP contribution in [0.15, 0.2) is 23.8 Å². The van der Waals surface area contributed by atoms with Crippen LogP contribution in [0.5, 0.6) is 0 Å². The molecule has 0 aliphatic rings. The molecule has 0 saturated heterocycles. The van der Waals surface area contributed by atoms with Gasteiger partial charge in [-0.05, 0) is 57.9 Å². The molecule has 0 N–H and O–H groups in total. The SMILES string of the molecule is CCOC(=O)C=C(C)C=CCC(CC)CCCC(CC)(CC)OCC. The zero-order valence-electron chi connectivity index (χ0n) is 17.4. The summed E-state index contributed by atoms with van der Waals surface area (Å²) in [5.74, 6) is 0.433. The Labute approximate surface area is 155 Å². The Morgan fingerprint density at radius 1 is 1.08 bits per heavy atom. The fraction of sp³-hybridized carbons (Fsp3) is 0.773. The van der Waals surface area contributed by atoms with Gasteiger partial charge in [-0.3, -0.25) is 0 Å². The average molecular weight is 353 g/mol. The van der Waals surface area contributed by atoms with Crippen molar-refractivity contribution in [3.63, 3.8) is 0 Å². The van der Waals surface area contributed by atoms with E-state index in [1.54, 1.807) is 6.08 Å². The summed E-state index contributed by atoms with van der Waals surface area (Å²) in [5, 5.41) is 0. The number of carbonyl (C=O) groups excluding carboxylic acids is 1. The van der Waals surface area contributed by atoms with Crippen molar-refractivity contribution in [2.24, 2.45) is 5.92 Å². The molecule has 0 rings (SSSR count). The minimum absolute atomic E-state index is 0.0713. The number of ether oxygens (including phenoxy) is 2. The molecule has 0 aliphatic carbocycles. The van der Waals surface area contributed by atoms with Gasteiger partial charge in [-0.25, -0.2) is 4.79 Å². The first kappa shape index (κ1) is 23.9. The summed E-state index contributed by atoms with van der Waals surface area (Å²) in [6.07, 6.45) is 13.8. The number of esters is 1. The summed E-state index contributed by atoms with van der Waals surface area (Å²) < 4.78 is 11.0. The molecule has 0 fully saturated rings. The predicted octanol–water partition coefficient (Wildman–Crippen LogP) is 6.23. The molecule has 0 aliphatic heterocycles. The van der Waals surface area contributed by atoms with Crippen molar-refractivity contribution in [2.75, 3.05) is 13.2 Å². The smallest absolute Gasteiger partial charge is 0.330 e. The number of hydrogen-bond donors (Lipinski definition) is 0. The zero-order chi connectivity index (χ0) is 19.1.